The van der Waals surface area contributed by atoms with Gasteiger partial charge in [0.25, 0.3) is 0 Å². The van der Waals surface area contributed by atoms with Crippen LogP contribution < -0.4 is 10.2 Å². The molecule has 1 fully saturated rings. The van der Waals surface area contributed by atoms with Crippen LogP contribution in [0, 0.1) is 0 Å². The predicted molar refractivity (Wildman–Crippen MR) is 105 cm³/mol. The van der Waals surface area contributed by atoms with E-state index in [9.17, 15) is 9.59 Å². The van der Waals surface area contributed by atoms with Crippen molar-refractivity contribution in [1.29, 1.82) is 0 Å². The quantitative estimate of drug-likeness (QED) is 0.773. The minimum absolute atomic E-state index is 0.0679. The molecule has 132 valence electrons. The molecule has 0 radical (unpaired) electrons. The molecule has 1 aliphatic heterocycles. The molecule has 0 aliphatic carbocycles. The lowest BCUT2D eigenvalue weighted by molar-refractivity contribution is -0.117. The molecule has 5 nitrogen and oxygen atoms in total. The van der Waals surface area contributed by atoms with Crippen LogP contribution >= 0.6 is 27.3 Å². The lowest BCUT2D eigenvalue weighted by Gasteiger charge is -2.18. The summed E-state index contributed by atoms with van der Waals surface area (Å²) in [6.45, 7) is 1.77. The van der Waals surface area contributed by atoms with Crippen LogP contribution in [0.15, 0.2) is 39.5 Å². The first-order chi connectivity index (χ1) is 12.0. The molecule has 2 amide bonds. The van der Waals surface area contributed by atoms with Gasteiger partial charge in [0.05, 0.1) is 10.3 Å². The van der Waals surface area contributed by atoms with Gasteiger partial charge in [0.1, 0.15) is 0 Å². The molecule has 2 heterocycles. The summed E-state index contributed by atoms with van der Waals surface area (Å²) in [4.78, 5) is 27.9. The van der Waals surface area contributed by atoms with Crippen LogP contribution in [0.5, 0.6) is 0 Å². The number of carbonyl (C=O) groups excluding carboxylic acids is 2. The van der Waals surface area contributed by atoms with Crippen LogP contribution in [0.25, 0.3) is 0 Å². The van der Waals surface area contributed by atoms with Gasteiger partial charge in [-0.1, -0.05) is 6.07 Å². The Labute approximate surface area is 159 Å². The molecule has 0 saturated carbocycles. The number of hydrogen-bond donors (Lipinski definition) is 1. The second-order valence-electron chi connectivity index (χ2n) is 6.18. The molecule has 2 aromatic rings. The molecular formula is C18H20BrN3O2S. The summed E-state index contributed by atoms with van der Waals surface area (Å²) in [5, 5.41) is 5.00. The summed E-state index contributed by atoms with van der Waals surface area (Å²) in [5.41, 5.74) is 2.74. The highest BCUT2D eigenvalue weighted by Crippen LogP contribution is 2.24. The maximum absolute atomic E-state index is 12.3. The third-order valence-corrected chi connectivity index (χ3v) is 5.56. The highest BCUT2D eigenvalue weighted by Gasteiger charge is 2.21. The minimum Gasteiger partial charge on any atom is -0.325 e. The van der Waals surface area contributed by atoms with Gasteiger partial charge in [0.2, 0.25) is 11.8 Å². The van der Waals surface area contributed by atoms with Gasteiger partial charge in [0.15, 0.2) is 0 Å². The average Bonchev–Trinajstić information content (AvgIpc) is 3.15. The minimum atomic E-state index is -0.0679. The molecule has 1 aliphatic rings. The van der Waals surface area contributed by atoms with Crippen LogP contribution in [0.1, 0.15) is 18.4 Å². The summed E-state index contributed by atoms with van der Waals surface area (Å²) in [6.07, 6.45) is 1.49. The molecule has 1 saturated heterocycles. The Balaban J connectivity index is 1.56. The van der Waals surface area contributed by atoms with Crippen LogP contribution in [0.3, 0.4) is 0 Å². The molecular weight excluding hydrogens is 402 g/mol. The molecule has 3 rings (SSSR count). The Kier molecular flexibility index (Phi) is 5.88. The largest absolute Gasteiger partial charge is 0.325 e. The van der Waals surface area contributed by atoms with Gasteiger partial charge >= 0.3 is 0 Å². The van der Waals surface area contributed by atoms with Crippen molar-refractivity contribution < 1.29 is 9.59 Å². The van der Waals surface area contributed by atoms with Crippen molar-refractivity contribution in [2.24, 2.45) is 0 Å². The highest BCUT2D eigenvalue weighted by molar-refractivity contribution is 9.11. The summed E-state index contributed by atoms with van der Waals surface area (Å²) >= 11 is 5.09. The number of halogens is 1. The van der Waals surface area contributed by atoms with E-state index in [4.69, 9.17) is 0 Å². The van der Waals surface area contributed by atoms with E-state index in [0.717, 1.165) is 29.0 Å². The van der Waals surface area contributed by atoms with Crippen molar-refractivity contribution >= 4 is 50.5 Å². The van der Waals surface area contributed by atoms with Crippen molar-refractivity contribution in [3.63, 3.8) is 0 Å². The van der Waals surface area contributed by atoms with Gasteiger partial charge in [-0.2, -0.15) is 0 Å². The summed E-state index contributed by atoms with van der Waals surface area (Å²) in [5.74, 6) is 0.0758. The Bertz CT molecular complexity index is 777. The molecule has 7 heteroatoms. The molecule has 0 spiro atoms. The van der Waals surface area contributed by atoms with Crippen molar-refractivity contribution in [1.82, 2.24) is 4.90 Å². The van der Waals surface area contributed by atoms with E-state index in [1.54, 1.807) is 16.2 Å². The molecule has 0 unspecified atom stereocenters. The summed E-state index contributed by atoms with van der Waals surface area (Å²) < 4.78 is 1.09. The number of hydrogen-bond acceptors (Lipinski definition) is 4. The first kappa shape index (κ1) is 18.1. The first-order valence-electron chi connectivity index (χ1n) is 8.13. The second-order valence-corrected chi connectivity index (χ2v) is 8.47. The molecule has 0 bridgehead atoms. The van der Waals surface area contributed by atoms with E-state index in [1.807, 2.05) is 36.2 Å². The Morgan fingerprint density at radius 1 is 1.40 bits per heavy atom. The number of likely N-dealkylation sites (N-methyl/N-ethyl adjacent to an activating group) is 1. The van der Waals surface area contributed by atoms with Crippen molar-refractivity contribution in [3.05, 3.63) is 45.1 Å². The number of carbonyl (C=O) groups is 2. The third-order valence-electron chi connectivity index (χ3n) is 4.00. The molecule has 0 atom stereocenters. The van der Waals surface area contributed by atoms with Gasteiger partial charge in [0, 0.05) is 30.9 Å². The third kappa shape index (κ3) is 4.90. The Hall–Kier alpha value is -1.70. The van der Waals surface area contributed by atoms with E-state index in [-0.39, 0.29) is 11.8 Å². The standard InChI is InChI=1S/C18H20BrN3O2S/c1-21(10-13-8-16(19)25-12-13)11-17(23)20-14-4-2-5-15(9-14)22-7-3-6-18(22)24/h2,4-5,8-9,12H,3,6-7,10-11H2,1H3,(H,20,23). The van der Waals surface area contributed by atoms with Gasteiger partial charge in [-0.25, -0.2) is 0 Å². The first-order valence-corrected chi connectivity index (χ1v) is 9.80. The maximum atomic E-state index is 12.3. The van der Waals surface area contributed by atoms with Gasteiger partial charge in [-0.3, -0.25) is 14.5 Å². The molecule has 1 aromatic heterocycles. The fourth-order valence-corrected chi connectivity index (χ4v) is 4.11. The number of thiophene rings is 1. The number of anilines is 2. The number of nitrogens with zero attached hydrogens (tertiary/aromatic N) is 2. The second kappa shape index (κ2) is 8.12. The fourth-order valence-electron chi connectivity index (χ4n) is 2.91. The number of amides is 2. The van der Waals surface area contributed by atoms with Gasteiger partial charge < -0.3 is 10.2 Å². The van der Waals surface area contributed by atoms with Gasteiger partial charge in [-0.05, 0) is 64.6 Å². The van der Waals surface area contributed by atoms with Crippen molar-refractivity contribution in [3.8, 4) is 0 Å². The average molecular weight is 422 g/mol. The number of benzene rings is 1. The van der Waals surface area contributed by atoms with Crippen LogP contribution in [0.2, 0.25) is 0 Å². The number of nitrogens with one attached hydrogen (secondary N) is 1. The topological polar surface area (TPSA) is 52.7 Å². The zero-order chi connectivity index (χ0) is 17.8. The van der Waals surface area contributed by atoms with Crippen LogP contribution in [-0.4, -0.2) is 36.9 Å². The van der Waals surface area contributed by atoms with E-state index in [0.29, 0.717) is 18.7 Å². The van der Waals surface area contributed by atoms with E-state index in [2.05, 4.69) is 32.7 Å². The summed E-state index contributed by atoms with van der Waals surface area (Å²) in [7, 11) is 1.92. The zero-order valence-electron chi connectivity index (χ0n) is 14.0. The monoisotopic (exact) mass is 421 g/mol. The maximum Gasteiger partial charge on any atom is 0.238 e. The van der Waals surface area contributed by atoms with E-state index < -0.39 is 0 Å². The smallest absolute Gasteiger partial charge is 0.238 e. The normalized spacial score (nSPS) is 14.4. The predicted octanol–water partition coefficient (Wildman–Crippen LogP) is 3.71. The number of rotatable bonds is 6. The SMILES string of the molecule is CN(CC(=O)Nc1cccc(N2CCCC2=O)c1)Cc1csc(Br)c1. The van der Waals surface area contributed by atoms with Crippen LogP contribution in [-0.2, 0) is 16.1 Å². The Morgan fingerprint density at radius 3 is 2.92 bits per heavy atom. The van der Waals surface area contributed by atoms with E-state index in [1.165, 1.54) is 5.56 Å². The van der Waals surface area contributed by atoms with Crippen molar-refractivity contribution in [2.45, 2.75) is 19.4 Å². The highest BCUT2D eigenvalue weighted by atomic mass is 79.9. The summed E-state index contributed by atoms with van der Waals surface area (Å²) in [6, 6.07) is 9.53. The molecule has 1 N–H and O–H groups in total. The lowest BCUT2D eigenvalue weighted by atomic mass is 10.2. The fraction of sp³-hybridized carbons (Fsp3) is 0.333. The van der Waals surface area contributed by atoms with Crippen molar-refractivity contribution in [2.75, 3.05) is 30.4 Å². The van der Waals surface area contributed by atoms with E-state index >= 15 is 0 Å². The zero-order valence-corrected chi connectivity index (χ0v) is 16.4. The lowest BCUT2D eigenvalue weighted by Crippen LogP contribution is -2.30. The van der Waals surface area contributed by atoms with Gasteiger partial charge in [-0.15, -0.1) is 11.3 Å². The molecule has 1 aromatic carbocycles. The Morgan fingerprint density at radius 2 is 2.24 bits per heavy atom. The molecule has 25 heavy (non-hydrogen) atoms. The van der Waals surface area contributed by atoms with Crippen LogP contribution in [0.4, 0.5) is 11.4 Å².